The van der Waals surface area contributed by atoms with Gasteiger partial charge in [0.15, 0.2) is 5.78 Å². The van der Waals surface area contributed by atoms with Crippen molar-refractivity contribution in [1.82, 2.24) is 15.1 Å². The minimum absolute atomic E-state index is 0.00519. The van der Waals surface area contributed by atoms with Gasteiger partial charge in [0.05, 0.1) is 0 Å². The summed E-state index contributed by atoms with van der Waals surface area (Å²) in [5.74, 6) is 0.175. The van der Waals surface area contributed by atoms with Gasteiger partial charge in [-0.25, -0.2) is 4.79 Å². The topological polar surface area (TPSA) is 52.7 Å². The van der Waals surface area contributed by atoms with E-state index in [0.29, 0.717) is 19.5 Å². The van der Waals surface area contributed by atoms with Crippen LogP contribution in [0.5, 0.6) is 0 Å². The van der Waals surface area contributed by atoms with Gasteiger partial charge in [-0.05, 0) is 37.6 Å². The SMILES string of the molecule is CC(C)(C)NC(=O)N1CCN(CCC(=O)c2ccc3ccccc3c2)CC1. The third-order valence-electron chi connectivity index (χ3n) is 4.87. The van der Waals surface area contributed by atoms with Crippen LogP contribution >= 0.6 is 0 Å². The van der Waals surface area contributed by atoms with Crippen LogP contribution in [-0.2, 0) is 0 Å². The maximum atomic E-state index is 12.6. The molecule has 1 N–H and O–H groups in total. The largest absolute Gasteiger partial charge is 0.333 e. The average molecular weight is 367 g/mol. The molecule has 0 saturated carbocycles. The van der Waals surface area contributed by atoms with Crippen LogP contribution in [0, 0.1) is 0 Å². The maximum absolute atomic E-state index is 12.6. The molecule has 2 amide bonds. The van der Waals surface area contributed by atoms with E-state index < -0.39 is 0 Å². The third kappa shape index (κ3) is 5.30. The monoisotopic (exact) mass is 367 g/mol. The number of fused-ring (bicyclic) bond motifs is 1. The normalized spacial score (nSPS) is 15.7. The Morgan fingerprint density at radius 2 is 1.63 bits per heavy atom. The fourth-order valence-corrected chi connectivity index (χ4v) is 3.34. The van der Waals surface area contributed by atoms with Gasteiger partial charge in [-0.1, -0.05) is 36.4 Å². The molecule has 0 unspecified atom stereocenters. The Balaban J connectivity index is 1.48. The second-order valence-electron chi connectivity index (χ2n) is 8.24. The molecule has 1 aliphatic heterocycles. The summed E-state index contributed by atoms with van der Waals surface area (Å²) in [6.45, 7) is 9.71. The predicted octanol–water partition coefficient (Wildman–Crippen LogP) is 3.54. The number of amides is 2. The standard InChI is InChI=1S/C22H29N3O2/c1-22(2,3)23-21(27)25-14-12-24(13-15-25)11-10-20(26)19-9-8-17-6-4-5-7-18(17)16-19/h4-9,16H,10-15H2,1-3H3,(H,23,27). The summed E-state index contributed by atoms with van der Waals surface area (Å²) in [5.41, 5.74) is 0.553. The van der Waals surface area contributed by atoms with Crippen LogP contribution in [0.25, 0.3) is 10.8 Å². The number of hydrogen-bond acceptors (Lipinski definition) is 3. The fourth-order valence-electron chi connectivity index (χ4n) is 3.34. The number of ketones is 1. The van der Waals surface area contributed by atoms with Crippen molar-refractivity contribution in [2.75, 3.05) is 32.7 Å². The van der Waals surface area contributed by atoms with Gasteiger partial charge in [0, 0.05) is 50.2 Å². The first-order valence-electron chi connectivity index (χ1n) is 9.63. The van der Waals surface area contributed by atoms with Crippen LogP contribution in [0.1, 0.15) is 37.6 Å². The number of carbonyl (C=O) groups excluding carboxylic acids is 2. The zero-order chi connectivity index (χ0) is 19.4. The lowest BCUT2D eigenvalue weighted by atomic mass is 10.0. The van der Waals surface area contributed by atoms with Gasteiger partial charge >= 0.3 is 6.03 Å². The molecule has 5 heteroatoms. The van der Waals surface area contributed by atoms with E-state index >= 15 is 0 Å². The molecule has 0 aromatic heterocycles. The van der Waals surface area contributed by atoms with Crippen LogP contribution in [0.3, 0.4) is 0 Å². The molecule has 1 fully saturated rings. The quantitative estimate of drug-likeness (QED) is 0.841. The Hall–Kier alpha value is -2.40. The summed E-state index contributed by atoms with van der Waals surface area (Å²) < 4.78 is 0. The van der Waals surface area contributed by atoms with Crippen LogP contribution in [-0.4, -0.2) is 59.9 Å². The Kier molecular flexibility index (Phi) is 5.80. The first kappa shape index (κ1) is 19.4. The number of piperazine rings is 1. The number of urea groups is 1. The Bertz CT molecular complexity index is 818. The summed E-state index contributed by atoms with van der Waals surface area (Å²) in [7, 11) is 0. The summed E-state index contributed by atoms with van der Waals surface area (Å²) in [6, 6.07) is 14.0. The van der Waals surface area contributed by atoms with E-state index in [4.69, 9.17) is 0 Å². The van der Waals surface area contributed by atoms with Crippen molar-refractivity contribution in [2.45, 2.75) is 32.7 Å². The maximum Gasteiger partial charge on any atom is 0.317 e. The van der Waals surface area contributed by atoms with Crippen LogP contribution in [0.4, 0.5) is 4.79 Å². The summed E-state index contributed by atoms with van der Waals surface area (Å²) in [5, 5.41) is 5.25. The minimum atomic E-state index is -0.222. The summed E-state index contributed by atoms with van der Waals surface area (Å²) in [6.07, 6.45) is 0.506. The lowest BCUT2D eigenvalue weighted by Crippen LogP contribution is -2.55. The minimum Gasteiger partial charge on any atom is -0.333 e. The number of Topliss-reactive ketones (excluding diaryl/α,β-unsaturated/α-hetero) is 1. The number of benzene rings is 2. The van der Waals surface area contributed by atoms with Crippen LogP contribution in [0.15, 0.2) is 42.5 Å². The van der Waals surface area contributed by atoms with E-state index in [0.717, 1.165) is 36.0 Å². The summed E-state index contributed by atoms with van der Waals surface area (Å²) in [4.78, 5) is 28.9. The molecular weight excluding hydrogens is 338 g/mol. The van der Waals surface area contributed by atoms with Crippen molar-refractivity contribution in [1.29, 1.82) is 0 Å². The molecule has 1 saturated heterocycles. The van der Waals surface area contributed by atoms with Gasteiger partial charge in [-0.2, -0.15) is 0 Å². The Morgan fingerprint density at radius 1 is 0.963 bits per heavy atom. The van der Waals surface area contributed by atoms with Crippen molar-refractivity contribution in [3.63, 3.8) is 0 Å². The molecule has 2 aromatic carbocycles. The van der Waals surface area contributed by atoms with Crippen molar-refractivity contribution in [3.8, 4) is 0 Å². The molecule has 0 spiro atoms. The highest BCUT2D eigenvalue weighted by Gasteiger charge is 2.24. The van der Waals surface area contributed by atoms with E-state index in [1.807, 2.05) is 62.1 Å². The van der Waals surface area contributed by atoms with E-state index in [9.17, 15) is 9.59 Å². The molecule has 3 rings (SSSR count). The molecule has 0 aliphatic carbocycles. The molecule has 27 heavy (non-hydrogen) atoms. The first-order chi connectivity index (χ1) is 12.8. The number of hydrogen-bond donors (Lipinski definition) is 1. The van der Waals surface area contributed by atoms with Crippen molar-refractivity contribution >= 4 is 22.6 Å². The molecule has 1 aliphatic rings. The number of nitrogens with one attached hydrogen (secondary N) is 1. The molecule has 2 aromatic rings. The molecular formula is C22H29N3O2. The van der Waals surface area contributed by atoms with E-state index in [-0.39, 0.29) is 17.4 Å². The molecule has 5 nitrogen and oxygen atoms in total. The zero-order valence-corrected chi connectivity index (χ0v) is 16.5. The average Bonchev–Trinajstić information content (AvgIpc) is 2.64. The van der Waals surface area contributed by atoms with Gasteiger partial charge in [0.2, 0.25) is 0 Å². The van der Waals surface area contributed by atoms with E-state index in [1.54, 1.807) is 0 Å². The molecule has 1 heterocycles. The molecule has 0 bridgehead atoms. The number of nitrogens with zero attached hydrogens (tertiary/aromatic N) is 2. The highest BCUT2D eigenvalue weighted by molar-refractivity contribution is 6.00. The van der Waals surface area contributed by atoms with E-state index in [1.165, 1.54) is 0 Å². The molecule has 0 radical (unpaired) electrons. The third-order valence-corrected chi connectivity index (χ3v) is 4.87. The number of rotatable bonds is 4. The van der Waals surface area contributed by atoms with Crippen LogP contribution in [0.2, 0.25) is 0 Å². The van der Waals surface area contributed by atoms with Crippen molar-refractivity contribution in [3.05, 3.63) is 48.0 Å². The van der Waals surface area contributed by atoms with Crippen molar-refractivity contribution < 1.29 is 9.59 Å². The van der Waals surface area contributed by atoms with Gasteiger partial charge in [-0.15, -0.1) is 0 Å². The molecule has 0 atom stereocenters. The van der Waals surface area contributed by atoms with Gasteiger partial charge in [0.25, 0.3) is 0 Å². The van der Waals surface area contributed by atoms with Gasteiger partial charge < -0.3 is 10.2 Å². The lowest BCUT2D eigenvalue weighted by Gasteiger charge is -2.36. The van der Waals surface area contributed by atoms with Crippen LogP contribution < -0.4 is 5.32 Å². The highest BCUT2D eigenvalue weighted by atomic mass is 16.2. The Morgan fingerprint density at radius 3 is 2.30 bits per heavy atom. The van der Waals surface area contributed by atoms with Gasteiger partial charge in [-0.3, -0.25) is 9.69 Å². The highest BCUT2D eigenvalue weighted by Crippen LogP contribution is 2.17. The van der Waals surface area contributed by atoms with Gasteiger partial charge in [0.1, 0.15) is 0 Å². The van der Waals surface area contributed by atoms with Crippen molar-refractivity contribution in [2.24, 2.45) is 0 Å². The number of carbonyl (C=O) groups is 2. The van der Waals surface area contributed by atoms with E-state index in [2.05, 4.69) is 16.3 Å². The second kappa shape index (κ2) is 8.09. The zero-order valence-electron chi connectivity index (χ0n) is 16.5. The Labute approximate surface area is 161 Å². The lowest BCUT2D eigenvalue weighted by molar-refractivity contribution is 0.0936. The predicted molar refractivity (Wildman–Crippen MR) is 109 cm³/mol. The first-order valence-corrected chi connectivity index (χ1v) is 9.63. The fraction of sp³-hybridized carbons (Fsp3) is 0.455. The second-order valence-corrected chi connectivity index (χ2v) is 8.24. The smallest absolute Gasteiger partial charge is 0.317 e. The summed E-state index contributed by atoms with van der Waals surface area (Å²) >= 11 is 0. The molecule has 144 valence electrons.